The molecule has 0 spiro atoms. The maximum atomic E-state index is 11.1. The Morgan fingerprint density at radius 1 is 1.36 bits per heavy atom. The maximum Gasteiger partial charge on any atom is 0.314 e. The summed E-state index contributed by atoms with van der Waals surface area (Å²) in [6.45, 7) is 0. The summed E-state index contributed by atoms with van der Waals surface area (Å²) in [5, 5.41) is 9.73. The van der Waals surface area contributed by atoms with Gasteiger partial charge in [0, 0.05) is 18.0 Å². The van der Waals surface area contributed by atoms with Gasteiger partial charge in [-0.05, 0) is 12.8 Å². The standard InChI is InChI=1S/C9H7Cl2NO2/c10-5-3-12-4-6(11)7(5)9(1-2-9)8(13)14/h3-4H,1-2H2,(H,13,14). The molecular formula is C9H7Cl2NO2. The lowest BCUT2D eigenvalue weighted by Gasteiger charge is -2.13. The third-order valence-corrected chi connectivity index (χ3v) is 3.06. The average Bonchev–Trinajstić information content (AvgIpc) is 2.85. The fourth-order valence-electron chi connectivity index (χ4n) is 1.56. The zero-order chi connectivity index (χ0) is 10.3. The number of aliphatic carboxylic acids is 1. The number of carbonyl (C=O) groups is 1. The van der Waals surface area contributed by atoms with E-state index in [0.717, 1.165) is 0 Å². The third-order valence-electron chi connectivity index (χ3n) is 2.49. The highest BCUT2D eigenvalue weighted by Crippen LogP contribution is 2.52. The Morgan fingerprint density at radius 3 is 2.21 bits per heavy atom. The quantitative estimate of drug-likeness (QED) is 0.852. The first-order valence-electron chi connectivity index (χ1n) is 4.11. The lowest BCUT2D eigenvalue weighted by Crippen LogP contribution is -2.20. The number of carboxylic acids is 1. The second kappa shape index (κ2) is 3.11. The van der Waals surface area contributed by atoms with Gasteiger partial charge in [-0.2, -0.15) is 0 Å². The first-order chi connectivity index (χ1) is 6.58. The SMILES string of the molecule is O=C(O)C1(c2c(Cl)cncc2Cl)CC1. The lowest BCUT2D eigenvalue weighted by molar-refractivity contribution is -0.140. The molecule has 74 valence electrons. The van der Waals surface area contributed by atoms with E-state index < -0.39 is 11.4 Å². The molecule has 3 nitrogen and oxygen atoms in total. The minimum Gasteiger partial charge on any atom is -0.481 e. The van der Waals surface area contributed by atoms with Gasteiger partial charge in [-0.25, -0.2) is 0 Å². The van der Waals surface area contributed by atoms with Crippen LogP contribution >= 0.6 is 23.2 Å². The van der Waals surface area contributed by atoms with Gasteiger partial charge in [-0.3, -0.25) is 9.78 Å². The topological polar surface area (TPSA) is 50.2 Å². The van der Waals surface area contributed by atoms with Crippen LogP contribution in [0.1, 0.15) is 18.4 Å². The fourth-order valence-corrected chi connectivity index (χ4v) is 2.29. The Kier molecular flexibility index (Phi) is 2.16. The van der Waals surface area contributed by atoms with E-state index in [0.29, 0.717) is 28.5 Å². The molecule has 0 radical (unpaired) electrons. The van der Waals surface area contributed by atoms with E-state index in [1.807, 2.05) is 0 Å². The molecule has 2 rings (SSSR count). The Bertz CT molecular complexity index is 382. The number of halogens is 2. The van der Waals surface area contributed by atoms with Crippen molar-refractivity contribution in [1.29, 1.82) is 0 Å². The summed E-state index contributed by atoms with van der Waals surface area (Å²) in [5.74, 6) is -0.868. The van der Waals surface area contributed by atoms with Crippen LogP contribution in [-0.4, -0.2) is 16.1 Å². The van der Waals surface area contributed by atoms with Crippen molar-refractivity contribution >= 4 is 29.2 Å². The van der Waals surface area contributed by atoms with Crippen molar-refractivity contribution in [2.75, 3.05) is 0 Å². The van der Waals surface area contributed by atoms with Crippen LogP contribution in [0.3, 0.4) is 0 Å². The van der Waals surface area contributed by atoms with E-state index in [1.165, 1.54) is 12.4 Å². The van der Waals surface area contributed by atoms with Crippen LogP contribution in [0.5, 0.6) is 0 Å². The van der Waals surface area contributed by atoms with Crippen molar-refractivity contribution in [3.05, 3.63) is 28.0 Å². The summed E-state index contributed by atoms with van der Waals surface area (Å²) < 4.78 is 0. The highest BCUT2D eigenvalue weighted by molar-refractivity contribution is 6.36. The molecule has 0 aromatic carbocycles. The molecule has 1 fully saturated rings. The summed E-state index contributed by atoms with van der Waals surface area (Å²) in [6, 6.07) is 0. The van der Waals surface area contributed by atoms with Crippen LogP contribution in [0, 0.1) is 0 Å². The van der Waals surface area contributed by atoms with Gasteiger partial charge in [-0.15, -0.1) is 0 Å². The van der Waals surface area contributed by atoms with Gasteiger partial charge >= 0.3 is 5.97 Å². The summed E-state index contributed by atoms with van der Waals surface area (Å²) in [6.07, 6.45) is 4.02. The minimum atomic E-state index is -0.868. The molecule has 1 aromatic heterocycles. The molecule has 1 aromatic rings. The summed E-state index contributed by atoms with van der Waals surface area (Å²) in [5.41, 5.74) is -0.361. The Morgan fingerprint density at radius 2 is 1.86 bits per heavy atom. The normalized spacial score (nSPS) is 17.9. The molecule has 0 atom stereocenters. The number of rotatable bonds is 2. The van der Waals surface area contributed by atoms with E-state index in [9.17, 15) is 4.79 Å². The maximum absolute atomic E-state index is 11.1. The highest BCUT2D eigenvalue weighted by Gasteiger charge is 2.54. The van der Waals surface area contributed by atoms with E-state index in [-0.39, 0.29) is 0 Å². The number of aromatic nitrogens is 1. The van der Waals surface area contributed by atoms with Crippen LogP contribution in [0.25, 0.3) is 0 Å². The van der Waals surface area contributed by atoms with Crippen molar-refractivity contribution in [3.63, 3.8) is 0 Å². The molecule has 1 heterocycles. The summed E-state index contributed by atoms with van der Waals surface area (Å²) >= 11 is 11.8. The zero-order valence-corrected chi connectivity index (χ0v) is 8.64. The van der Waals surface area contributed by atoms with Gasteiger partial charge in [0.1, 0.15) is 0 Å². The van der Waals surface area contributed by atoms with Gasteiger partial charge in [0.2, 0.25) is 0 Å². The number of pyridine rings is 1. The van der Waals surface area contributed by atoms with E-state index in [4.69, 9.17) is 28.3 Å². The molecule has 0 bridgehead atoms. The van der Waals surface area contributed by atoms with Crippen molar-refractivity contribution in [2.24, 2.45) is 0 Å². The molecule has 0 saturated heterocycles. The number of carboxylic acid groups (broad SMARTS) is 1. The Labute approximate surface area is 90.7 Å². The molecule has 1 aliphatic carbocycles. The molecule has 0 amide bonds. The Balaban J connectivity index is 2.56. The summed E-state index contributed by atoms with van der Waals surface area (Å²) in [7, 11) is 0. The smallest absolute Gasteiger partial charge is 0.314 e. The van der Waals surface area contributed by atoms with Crippen molar-refractivity contribution in [3.8, 4) is 0 Å². The van der Waals surface area contributed by atoms with Crippen molar-refractivity contribution < 1.29 is 9.90 Å². The van der Waals surface area contributed by atoms with Gasteiger partial charge in [0.05, 0.1) is 15.5 Å². The second-order valence-electron chi connectivity index (χ2n) is 3.37. The van der Waals surface area contributed by atoms with Gasteiger partial charge in [0.25, 0.3) is 0 Å². The number of hydrogen-bond donors (Lipinski definition) is 1. The van der Waals surface area contributed by atoms with E-state index >= 15 is 0 Å². The number of hydrogen-bond acceptors (Lipinski definition) is 2. The fraction of sp³-hybridized carbons (Fsp3) is 0.333. The minimum absolute atomic E-state index is 0.331. The summed E-state index contributed by atoms with van der Waals surface area (Å²) in [4.78, 5) is 14.8. The molecule has 0 aliphatic heterocycles. The van der Waals surface area contributed by atoms with Gasteiger partial charge in [0.15, 0.2) is 0 Å². The van der Waals surface area contributed by atoms with Crippen LogP contribution in [-0.2, 0) is 10.2 Å². The Hall–Kier alpha value is -0.800. The molecule has 14 heavy (non-hydrogen) atoms. The van der Waals surface area contributed by atoms with Gasteiger partial charge < -0.3 is 5.11 Å². The highest BCUT2D eigenvalue weighted by atomic mass is 35.5. The third kappa shape index (κ3) is 1.28. The monoisotopic (exact) mass is 231 g/mol. The van der Waals surface area contributed by atoms with Crippen LogP contribution in [0.4, 0.5) is 0 Å². The van der Waals surface area contributed by atoms with E-state index in [2.05, 4.69) is 4.98 Å². The zero-order valence-electron chi connectivity index (χ0n) is 7.13. The predicted molar refractivity (Wildman–Crippen MR) is 52.8 cm³/mol. The lowest BCUT2D eigenvalue weighted by atomic mass is 9.97. The molecule has 0 unspecified atom stereocenters. The van der Waals surface area contributed by atoms with Crippen molar-refractivity contribution in [2.45, 2.75) is 18.3 Å². The second-order valence-corrected chi connectivity index (χ2v) is 4.18. The first kappa shape index (κ1) is 9.74. The van der Waals surface area contributed by atoms with Crippen molar-refractivity contribution in [1.82, 2.24) is 4.98 Å². The predicted octanol–water partition coefficient (Wildman–Crippen LogP) is 2.50. The largest absolute Gasteiger partial charge is 0.481 e. The molecule has 1 saturated carbocycles. The molecule has 1 aliphatic rings. The average molecular weight is 232 g/mol. The first-order valence-corrected chi connectivity index (χ1v) is 4.86. The van der Waals surface area contributed by atoms with Crippen LogP contribution in [0.15, 0.2) is 12.4 Å². The van der Waals surface area contributed by atoms with Gasteiger partial charge in [-0.1, -0.05) is 23.2 Å². The molecular weight excluding hydrogens is 225 g/mol. The van der Waals surface area contributed by atoms with E-state index in [1.54, 1.807) is 0 Å². The molecule has 5 heteroatoms. The van der Waals surface area contributed by atoms with Crippen LogP contribution in [0.2, 0.25) is 10.0 Å². The number of nitrogens with zero attached hydrogens (tertiary/aromatic N) is 1. The molecule has 1 N–H and O–H groups in total. The van der Waals surface area contributed by atoms with Crippen LogP contribution < -0.4 is 0 Å².